The van der Waals surface area contributed by atoms with E-state index in [0.717, 1.165) is 51.4 Å². The van der Waals surface area contributed by atoms with Crippen LogP contribution >= 0.6 is 0 Å². The number of aliphatic hydroxyl groups is 2. The fourth-order valence-corrected chi connectivity index (χ4v) is 9.48. The lowest BCUT2D eigenvalue weighted by Gasteiger charge is -2.62. The molecule has 4 saturated carbocycles. The quantitative estimate of drug-likeness (QED) is 0.630. The molecule has 5 nitrogen and oxygen atoms in total. The summed E-state index contributed by atoms with van der Waals surface area (Å²) in [6, 6.07) is 0. The van der Waals surface area contributed by atoms with Gasteiger partial charge >= 0.3 is 0 Å². The predicted molar refractivity (Wildman–Crippen MR) is 116 cm³/mol. The summed E-state index contributed by atoms with van der Waals surface area (Å²) in [5, 5.41) is 21.5. The highest BCUT2D eigenvalue weighted by atomic mass is 32.2. The van der Waals surface area contributed by atoms with Gasteiger partial charge in [-0.2, -0.15) is 0 Å². The van der Waals surface area contributed by atoms with Gasteiger partial charge in [-0.15, -0.1) is 0 Å². The van der Waals surface area contributed by atoms with Gasteiger partial charge in [0, 0.05) is 5.75 Å². The third-order valence-electron chi connectivity index (χ3n) is 10.5. The number of hydrogen-bond acceptors (Lipinski definition) is 5. The molecule has 4 aliphatic rings. The van der Waals surface area contributed by atoms with Crippen molar-refractivity contribution in [1.82, 2.24) is 0 Å². The van der Waals surface area contributed by atoms with Crippen LogP contribution in [-0.2, 0) is 10.1 Å². The normalized spacial score (nSPS) is 49.7. The molecule has 0 aliphatic heterocycles. The molecular weight excluding hydrogens is 400 g/mol. The lowest BCUT2D eigenvalue weighted by Crippen LogP contribution is -2.58. The molecule has 174 valence electrons. The summed E-state index contributed by atoms with van der Waals surface area (Å²) < 4.78 is 33.0. The molecule has 0 amide bonds. The minimum absolute atomic E-state index is 0.199. The molecular formula is C24H41O5S-. The van der Waals surface area contributed by atoms with Crippen molar-refractivity contribution >= 4 is 10.1 Å². The van der Waals surface area contributed by atoms with E-state index in [1.54, 1.807) is 0 Å². The summed E-state index contributed by atoms with van der Waals surface area (Å²) in [6.45, 7) is 7.10. The first kappa shape index (κ1) is 23.0. The SMILES string of the molecule is C[C@H](CCCS(=O)(=O)[O-])[C@H]1CC[C@H]2[C@@H]3C(O)CC4CC(O)CC[C@]4(C)[C@H]3CC[C@]12C. The van der Waals surface area contributed by atoms with E-state index in [-0.39, 0.29) is 28.8 Å². The monoisotopic (exact) mass is 441 g/mol. The minimum Gasteiger partial charge on any atom is -0.748 e. The van der Waals surface area contributed by atoms with Crippen molar-refractivity contribution < 1.29 is 23.2 Å². The summed E-state index contributed by atoms with van der Waals surface area (Å²) in [4.78, 5) is 0. The number of aliphatic hydroxyl groups excluding tert-OH is 2. The van der Waals surface area contributed by atoms with Crippen LogP contribution in [0.2, 0.25) is 0 Å². The van der Waals surface area contributed by atoms with E-state index in [2.05, 4.69) is 20.8 Å². The van der Waals surface area contributed by atoms with E-state index in [4.69, 9.17) is 0 Å². The van der Waals surface area contributed by atoms with Gasteiger partial charge < -0.3 is 14.8 Å². The topological polar surface area (TPSA) is 97.7 Å². The maximum atomic E-state index is 11.3. The smallest absolute Gasteiger partial charge is 0.0945 e. The Labute approximate surface area is 182 Å². The van der Waals surface area contributed by atoms with Crippen molar-refractivity contribution in [3.8, 4) is 0 Å². The molecule has 4 aliphatic carbocycles. The molecule has 3 unspecified atom stereocenters. The molecule has 0 aromatic carbocycles. The average Bonchev–Trinajstić information content (AvgIpc) is 2.99. The Hall–Kier alpha value is -0.170. The first-order valence-corrected chi connectivity index (χ1v) is 13.8. The largest absolute Gasteiger partial charge is 0.748 e. The Bertz CT molecular complexity index is 738. The standard InChI is InChI=1S/C24H42O5S/c1-15(5-4-12-30(27,28)29)18-6-7-19-22-20(9-11-24(18,19)3)23(2)10-8-17(25)13-16(23)14-21(22)26/h15-22,25-26H,4-14H2,1-3H3,(H,27,28,29)/p-1/t15-,16?,17?,18-,19+,20+,21?,22+,23+,24-/m1/s1. The van der Waals surface area contributed by atoms with E-state index in [0.29, 0.717) is 41.9 Å². The second-order valence-electron chi connectivity index (χ2n) is 11.8. The van der Waals surface area contributed by atoms with Gasteiger partial charge in [0.2, 0.25) is 0 Å². The highest BCUT2D eigenvalue weighted by Gasteiger charge is 2.62. The van der Waals surface area contributed by atoms with Crippen molar-refractivity contribution in [3.05, 3.63) is 0 Å². The van der Waals surface area contributed by atoms with Crippen LogP contribution in [0.5, 0.6) is 0 Å². The number of fused-ring (bicyclic) bond motifs is 5. The first-order valence-electron chi connectivity index (χ1n) is 12.3. The Balaban J connectivity index is 1.50. The van der Waals surface area contributed by atoms with Crippen LogP contribution < -0.4 is 0 Å². The fourth-order valence-electron chi connectivity index (χ4n) is 8.96. The maximum absolute atomic E-state index is 11.3. The van der Waals surface area contributed by atoms with Gasteiger partial charge in [0.1, 0.15) is 0 Å². The molecule has 0 spiro atoms. The highest BCUT2D eigenvalue weighted by Crippen LogP contribution is 2.68. The summed E-state index contributed by atoms with van der Waals surface area (Å²) in [7, 11) is -4.13. The van der Waals surface area contributed by atoms with Crippen LogP contribution in [0.15, 0.2) is 0 Å². The van der Waals surface area contributed by atoms with Crippen LogP contribution in [0.25, 0.3) is 0 Å². The molecule has 0 radical (unpaired) electrons. The molecule has 0 aromatic heterocycles. The number of rotatable bonds is 5. The van der Waals surface area contributed by atoms with E-state index in [1.165, 1.54) is 6.42 Å². The van der Waals surface area contributed by atoms with Crippen LogP contribution in [0.1, 0.15) is 85.0 Å². The minimum atomic E-state index is -4.13. The second kappa shape index (κ2) is 8.00. The zero-order valence-electron chi connectivity index (χ0n) is 18.9. The molecule has 4 rings (SSSR count). The Kier molecular flexibility index (Phi) is 6.13. The fraction of sp³-hybridized carbons (Fsp3) is 1.00. The summed E-state index contributed by atoms with van der Waals surface area (Å²) in [5.74, 6) is 2.59. The molecule has 0 heterocycles. The molecule has 2 N–H and O–H groups in total. The van der Waals surface area contributed by atoms with E-state index < -0.39 is 10.1 Å². The Morgan fingerprint density at radius 3 is 2.37 bits per heavy atom. The van der Waals surface area contributed by atoms with Gasteiger partial charge in [-0.1, -0.05) is 20.8 Å². The van der Waals surface area contributed by atoms with Crippen LogP contribution in [-0.4, -0.2) is 41.1 Å². The van der Waals surface area contributed by atoms with Crippen LogP contribution in [0, 0.1) is 46.3 Å². The van der Waals surface area contributed by atoms with E-state index in [1.807, 2.05) is 0 Å². The first-order chi connectivity index (χ1) is 14.0. The summed E-state index contributed by atoms with van der Waals surface area (Å²) >= 11 is 0. The van der Waals surface area contributed by atoms with Gasteiger partial charge in [0.25, 0.3) is 0 Å². The summed E-state index contributed by atoms with van der Waals surface area (Å²) in [6.07, 6.45) is 9.12. The Morgan fingerprint density at radius 2 is 1.67 bits per heavy atom. The molecule has 6 heteroatoms. The van der Waals surface area contributed by atoms with Gasteiger partial charge in [-0.25, -0.2) is 8.42 Å². The van der Waals surface area contributed by atoms with E-state index >= 15 is 0 Å². The Morgan fingerprint density at radius 1 is 1.00 bits per heavy atom. The average molecular weight is 442 g/mol. The third kappa shape index (κ3) is 3.88. The molecule has 0 bridgehead atoms. The van der Waals surface area contributed by atoms with Crippen LogP contribution in [0.3, 0.4) is 0 Å². The third-order valence-corrected chi connectivity index (χ3v) is 11.3. The lowest BCUT2D eigenvalue weighted by atomic mass is 9.43. The van der Waals surface area contributed by atoms with E-state index in [9.17, 15) is 23.2 Å². The van der Waals surface area contributed by atoms with Crippen molar-refractivity contribution in [2.75, 3.05) is 5.75 Å². The van der Waals surface area contributed by atoms with Crippen molar-refractivity contribution in [3.63, 3.8) is 0 Å². The zero-order valence-corrected chi connectivity index (χ0v) is 19.7. The lowest BCUT2D eigenvalue weighted by molar-refractivity contribution is -0.174. The van der Waals surface area contributed by atoms with Gasteiger partial charge in [0.15, 0.2) is 0 Å². The predicted octanol–water partition coefficient (Wildman–Crippen LogP) is 3.94. The second-order valence-corrected chi connectivity index (χ2v) is 13.4. The van der Waals surface area contributed by atoms with Gasteiger partial charge in [-0.3, -0.25) is 0 Å². The molecule has 0 aromatic rings. The van der Waals surface area contributed by atoms with Crippen molar-refractivity contribution in [2.24, 2.45) is 46.3 Å². The summed E-state index contributed by atoms with van der Waals surface area (Å²) in [5.41, 5.74) is 0.450. The molecule has 0 saturated heterocycles. The van der Waals surface area contributed by atoms with Crippen molar-refractivity contribution in [1.29, 1.82) is 0 Å². The van der Waals surface area contributed by atoms with Gasteiger partial charge in [-0.05, 0) is 111 Å². The zero-order chi connectivity index (χ0) is 21.9. The molecule has 4 fully saturated rings. The molecule has 10 atom stereocenters. The van der Waals surface area contributed by atoms with Crippen LogP contribution in [0.4, 0.5) is 0 Å². The van der Waals surface area contributed by atoms with Crippen molar-refractivity contribution in [2.45, 2.75) is 97.2 Å². The highest BCUT2D eigenvalue weighted by molar-refractivity contribution is 7.85. The van der Waals surface area contributed by atoms with Gasteiger partial charge in [0.05, 0.1) is 22.3 Å². The molecule has 30 heavy (non-hydrogen) atoms. The maximum Gasteiger partial charge on any atom is 0.0945 e. The number of hydrogen-bond donors (Lipinski definition) is 2.